The molecule has 1 N–H and O–H groups in total. The van der Waals surface area contributed by atoms with Crippen molar-refractivity contribution in [3.63, 3.8) is 0 Å². The number of anilines is 2. The molecule has 0 aliphatic carbocycles. The van der Waals surface area contributed by atoms with Crippen LogP contribution in [0.2, 0.25) is 0 Å². The minimum absolute atomic E-state index is 0.618. The fourth-order valence-electron chi connectivity index (χ4n) is 3.64. The van der Waals surface area contributed by atoms with E-state index in [4.69, 9.17) is 0 Å². The second kappa shape index (κ2) is 7.53. The Bertz CT molecular complexity index is 1400. The Hall–Kier alpha value is -4.26. The summed E-state index contributed by atoms with van der Waals surface area (Å²) in [5, 5.41) is 8.56. The number of aryl methyl sites for hydroxylation is 2. The van der Waals surface area contributed by atoms with E-state index in [2.05, 4.69) is 32.5 Å². The molecule has 7 nitrogen and oxygen atoms in total. The molecular formula is C24H20N6O. The number of aromatic nitrogens is 5. The van der Waals surface area contributed by atoms with Crippen LogP contribution in [0.3, 0.4) is 0 Å². The zero-order valence-corrected chi connectivity index (χ0v) is 17.1. The van der Waals surface area contributed by atoms with Gasteiger partial charge in [-0.3, -0.25) is 9.48 Å². The SMILES string of the molecule is Cn1cc(-c2ccc(Nc3ccnc(-c4ccc5cc(C=O)n(C)c5c4)n3)cc2)cn1. The maximum absolute atomic E-state index is 11.2. The number of benzene rings is 2. The summed E-state index contributed by atoms with van der Waals surface area (Å²) in [6.45, 7) is 0. The van der Waals surface area contributed by atoms with Crippen LogP contribution in [0, 0.1) is 0 Å². The number of nitrogens with one attached hydrogen (secondary N) is 1. The summed E-state index contributed by atoms with van der Waals surface area (Å²) in [6, 6.07) is 17.8. The lowest BCUT2D eigenvalue weighted by Crippen LogP contribution is -1.97. The van der Waals surface area contributed by atoms with E-state index in [-0.39, 0.29) is 0 Å². The van der Waals surface area contributed by atoms with Crippen LogP contribution in [0.4, 0.5) is 11.5 Å². The summed E-state index contributed by atoms with van der Waals surface area (Å²) >= 11 is 0. The van der Waals surface area contributed by atoms with Gasteiger partial charge in [-0.2, -0.15) is 5.10 Å². The molecule has 31 heavy (non-hydrogen) atoms. The molecule has 0 atom stereocenters. The number of carbonyl (C=O) groups excluding carboxylic acids is 1. The number of hydrogen-bond donors (Lipinski definition) is 1. The standard InChI is InChI=1S/C24H20N6O/c1-29-14-19(13-26-29)16-5-7-20(8-6-16)27-23-9-10-25-24(28-23)18-4-3-17-11-21(15-31)30(2)22(17)12-18/h3-15H,1-2H3,(H,25,27,28). The van der Waals surface area contributed by atoms with E-state index in [0.717, 1.165) is 39.6 Å². The molecule has 0 amide bonds. The normalized spacial score (nSPS) is 11.0. The van der Waals surface area contributed by atoms with Gasteiger partial charge in [0.05, 0.1) is 11.9 Å². The Morgan fingerprint density at radius 3 is 2.48 bits per heavy atom. The lowest BCUT2D eigenvalue weighted by Gasteiger charge is -2.08. The molecule has 0 fully saturated rings. The molecular weight excluding hydrogens is 388 g/mol. The van der Waals surface area contributed by atoms with Crippen molar-refractivity contribution >= 4 is 28.7 Å². The van der Waals surface area contributed by atoms with Crippen LogP contribution in [0.5, 0.6) is 0 Å². The minimum Gasteiger partial charge on any atom is -0.341 e. The molecule has 0 radical (unpaired) electrons. The molecule has 152 valence electrons. The van der Waals surface area contributed by atoms with Gasteiger partial charge in [0.25, 0.3) is 0 Å². The monoisotopic (exact) mass is 408 g/mol. The quantitative estimate of drug-likeness (QED) is 0.430. The molecule has 3 heterocycles. The number of nitrogens with zero attached hydrogens (tertiary/aromatic N) is 5. The van der Waals surface area contributed by atoms with Gasteiger partial charge in [-0.25, -0.2) is 9.97 Å². The topological polar surface area (TPSA) is 77.6 Å². The first-order valence-corrected chi connectivity index (χ1v) is 9.85. The van der Waals surface area contributed by atoms with Gasteiger partial charge in [0.1, 0.15) is 5.82 Å². The summed E-state index contributed by atoms with van der Waals surface area (Å²) in [5.41, 5.74) is 5.61. The van der Waals surface area contributed by atoms with E-state index < -0.39 is 0 Å². The third-order valence-electron chi connectivity index (χ3n) is 5.31. The van der Waals surface area contributed by atoms with Gasteiger partial charge < -0.3 is 9.88 Å². The van der Waals surface area contributed by atoms with Crippen molar-refractivity contribution in [1.82, 2.24) is 24.3 Å². The predicted octanol–water partition coefficient (Wildman–Crippen LogP) is 4.59. The van der Waals surface area contributed by atoms with E-state index in [1.54, 1.807) is 10.9 Å². The molecule has 0 saturated heterocycles. The summed E-state index contributed by atoms with van der Waals surface area (Å²) in [6.07, 6.45) is 6.43. The highest BCUT2D eigenvalue weighted by Crippen LogP contribution is 2.26. The van der Waals surface area contributed by atoms with Gasteiger partial charge >= 0.3 is 0 Å². The highest BCUT2D eigenvalue weighted by atomic mass is 16.1. The summed E-state index contributed by atoms with van der Waals surface area (Å²) in [7, 11) is 3.78. The Kier molecular flexibility index (Phi) is 4.55. The summed E-state index contributed by atoms with van der Waals surface area (Å²) < 4.78 is 3.66. The van der Waals surface area contributed by atoms with Gasteiger partial charge in [0.2, 0.25) is 0 Å². The lowest BCUT2D eigenvalue weighted by molar-refractivity contribution is 0.111. The molecule has 0 bridgehead atoms. The van der Waals surface area contributed by atoms with E-state index in [9.17, 15) is 4.79 Å². The van der Waals surface area contributed by atoms with E-state index >= 15 is 0 Å². The van der Waals surface area contributed by atoms with Gasteiger partial charge in [-0.15, -0.1) is 0 Å². The zero-order valence-electron chi connectivity index (χ0n) is 17.1. The fourth-order valence-corrected chi connectivity index (χ4v) is 3.64. The molecule has 0 aliphatic heterocycles. The zero-order chi connectivity index (χ0) is 21.4. The van der Waals surface area contributed by atoms with Crippen LogP contribution in [0.25, 0.3) is 33.4 Å². The average Bonchev–Trinajstić information content (AvgIpc) is 3.37. The first-order valence-electron chi connectivity index (χ1n) is 9.85. The molecule has 0 saturated carbocycles. The van der Waals surface area contributed by atoms with Crippen LogP contribution in [0.15, 0.2) is 73.2 Å². The number of carbonyl (C=O) groups is 1. The Morgan fingerprint density at radius 2 is 1.74 bits per heavy atom. The van der Waals surface area contributed by atoms with Crippen LogP contribution >= 0.6 is 0 Å². The molecule has 5 rings (SSSR count). The van der Waals surface area contributed by atoms with Crippen molar-refractivity contribution < 1.29 is 4.79 Å². The Morgan fingerprint density at radius 1 is 0.935 bits per heavy atom. The van der Waals surface area contributed by atoms with E-state index in [0.29, 0.717) is 17.3 Å². The molecule has 3 aromatic heterocycles. The van der Waals surface area contributed by atoms with Crippen molar-refractivity contribution in [3.8, 4) is 22.5 Å². The minimum atomic E-state index is 0.618. The first-order chi connectivity index (χ1) is 15.1. The maximum atomic E-state index is 11.2. The van der Waals surface area contributed by atoms with Crippen LogP contribution in [-0.4, -0.2) is 30.6 Å². The van der Waals surface area contributed by atoms with Crippen molar-refractivity contribution in [2.45, 2.75) is 0 Å². The van der Waals surface area contributed by atoms with Crippen molar-refractivity contribution in [1.29, 1.82) is 0 Å². The third-order valence-corrected chi connectivity index (χ3v) is 5.31. The second-order valence-electron chi connectivity index (χ2n) is 7.39. The van der Waals surface area contributed by atoms with Crippen LogP contribution < -0.4 is 5.32 Å². The lowest BCUT2D eigenvalue weighted by atomic mass is 10.1. The summed E-state index contributed by atoms with van der Waals surface area (Å²) in [4.78, 5) is 20.3. The molecule has 2 aromatic carbocycles. The molecule has 0 aliphatic rings. The average molecular weight is 408 g/mol. The van der Waals surface area contributed by atoms with Gasteiger partial charge in [-0.1, -0.05) is 24.3 Å². The summed E-state index contributed by atoms with van der Waals surface area (Å²) in [5.74, 6) is 1.33. The molecule has 0 unspecified atom stereocenters. The first kappa shape index (κ1) is 18.7. The number of fused-ring (bicyclic) bond motifs is 1. The van der Waals surface area contributed by atoms with Gasteiger partial charge in [-0.05, 0) is 35.9 Å². The highest BCUT2D eigenvalue weighted by molar-refractivity contribution is 5.91. The van der Waals surface area contributed by atoms with Crippen LogP contribution in [-0.2, 0) is 14.1 Å². The largest absolute Gasteiger partial charge is 0.341 e. The Labute approximate surface area is 179 Å². The number of hydrogen-bond acceptors (Lipinski definition) is 5. The third kappa shape index (κ3) is 3.57. The highest BCUT2D eigenvalue weighted by Gasteiger charge is 2.09. The fraction of sp³-hybridized carbons (Fsp3) is 0.0833. The van der Waals surface area contributed by atoms with Gasteiger partial charge in [0.15, 0.2) is 12.1 Å². The maximum Gasteiger partial charge on any atom is 0.166 e. The van der Waals surface area contributed by atoms with Gasteiger partial charge in [0, 0.05) is 54.2 Å². The van der Waals surface area contributed by atoms with E-state index in [1.165, 1.54) is 0 Å². The second-order valence-corrected chi connectivity index (χ2v) is 7.39. The molecule has 7 heteroatoms. The smallest absolute Gasteiger partial charge is 0.166 e. The number of rotatable bonds is 5. The number of aldehydes is 1. The Balaban J connectivity index is 1.41. The molecule has 0 spiro atoms. The van der Waals surface area contributed by atoms with E-state index in [1.807, 2.05) is 73.5 Å². The van der Waals surface area contributed by atoms with Crippen LogP contribution in [0.1, 0.15) is 10.5 Å². The van der Waals surface area contributed by atoms with Crippen molar-refractivity contribution in [2.75, 3.05) is 5.32 Å². The molecule has 5 aromatic rings. The van der Waals surface area contributed by atoms with Crippen molar-refractivity contribution in [2.24, 2.45) is 14.1 Å². The van der Waals surface area contributed by atoms with Crippen molar-refractivity contribution in [3.05, 3.63) is 78.9 Å². The predicted molar refractivity (Wildman–Crippen MR) is 121 cm³/mol.